The van der Waals surface area contributed by atoms with Crippen LogP contribution in [0.25, 0.3) is 33.4 Å². The van der Waals surface area contributed by atoms with Gasteiger partial charge in [-0.3, -0.25) is 0 Å². The van der Waals surface area contributed by atoms with E-state index in [1.165, 1.54) is 22.3 Å². The summed E-state index contributed by atoms with van der Waals surface area (Å²) >= 11 is 0. The summed E-state index contributed by atoms with van der Waals surface area (Å²) in [7, 11) is 0. The fourth-order valence-electron chi connectivity index (χ4n) is 6.57. The van der Waals surface area contributed by atoms with Crippen molar-refractivity contribution in [1.82, 2.24) is 19.1 Å². The van der Waals surface area contributed by atoms with Gasteiger partial charge in [0.15, 0.2) is 0 Å². The van der Waals surface area contributed by atoms with Crippen LogP contribution in [0.15, 0.2) is 122 Å². The molecule has 0 aliphatic heterocycles. The Morgan fingerprint density at radius 3 is 1.06 bits per heavy atom. The Hall–Kier alpha value is -6.16. The third-order valence-electron chi connectivity index (χ3n) is 10.7. The minimum absolute atomic E-state index is 0. The van der Waals surface area contributed by atoms with E-state index in [0.29, 0.717) is 34.4 Å². The van der Waals surface area contributed by atoms with Crippen LogP contribution in [0, 0.1) is 105 Å². The smallest absolute Gasteiger partial charge is 0.215 e. The van der Waals surface area contributed by atoms with Gasteiger partial charge >= 0.3 is 0 Å². The number of pyridine rings is 2. The van der Waals surface area contributed by atoms with Crippen molar-refractivity contribution >= 4 is 0 Å². The van der Waals surface area contributed by atoms with Crippen molar-refractivity contribution in [2.75, 3.05) is 0 Å². The quantitative estimate of drug-likeness (QED) is 0.118. The zero-order valence-corrected chi connectivity index (χ0v) is 40.3. The molecule has 4 aromatic carbocycles. The van der Waals surface area contributed by atoms with Gasteiger partial charge in [0.1, 0.15) is 0 Å². The Balaban J connectivity index is 0.000000289. The van der Waals surface area contributed by atoms with E-state index in [0.717, 1.165) is 45.0 Å². The molecule has 62 heavy (non-hydrogen) atoms. The van der Waals surface area contributed by atoms with Gasteiger partial charge in [-0.15, -0.1) is 11.1 Å². The van der Waals surface area contributed by atoms with E-state index in [2.05, 4.69) is 74.0 Å². The van der Waals surface area contributed by atoms with E-state index in [1.54, 1.807) is 21.5 Å². The van der Waals surface area contributed by atoms with Gasteiger partial charge in [-0.1, -0.05) is 95.4 Å². The van der Waals surface area contributed by atoms with Crippen LogP contribution in [0.4, 0.5) is 0 Å². The summed E-state index contributed by atoms with van der Waals surface area (Å²) in [5.41, 5.74) is 14.5. The van der Waals surface area contributed by atoms with Crippen molar-refractivity contribution in [3.8, 4) is 68.7 Å². The molecule has 0 N–H and O–H groups in total. The normalized spacial score (nSPS) is 9.97. The number of nitrogens with zero attached hydrogens (tertiary/aromatic N) is 4. The number of hydrogen-bond acceptors (Lipinski definition) is 4. The Morgan fingerprint density at radius 1 is 0.468 bits per heavy atom. The number of rotatable bonds is 7. The number of hydrogen-bond donors (Lipinski definition) is 0. The van der Waals surface area contributed by atoms with Crippen LogP contribution in [-0.4, -0.2) is 19.1 Å². The van der Waals surface area contributed by atoms with Crippen LogP contribution in [0.1, 0.15) is 45.0 Å². The van der Waals surface area contributed by atoms with Crippen molar-refractivity contribution in [3.05, 3.63) is 204 Å². The van der Waals surface area contributed by atoms with Crippen molar-refractivity contribution in [2.45, 2.75) is 55.4 Å². The molecule has 8 heteroatoms. The van der Waals surface area contributed by atoms with Gasteiger partial charge in [0, 0.05) is 89.4 Å². The van der Waals surface area contributed by atoms with Gasteiger partial charge in [0.2, 0.25) is 11.8 Å². The molecule has 0 aliphatic carbocycles. The maximum Gasteiger partial charge on any atom is 0.215 e. The van der Waals surface area contributed by atoms with Crippen LogP contribution in [-0.2, 0) is 42.1 Å². The van der Waals surface area contributed by atoms with Crippen LogP contribution in [0.5, 0.6) is 23.3 Å². The zero-order valence-electron chi connectivity index (χ0n) is 35.8. The largest absolute Gasteiger partial charge is 0.669 e. The fraction of sp³-hybridized carbons (Fsp3) is 0.148. The summed E-state index contributed by atoms with van der Waals surface area (Å²) in [6, 6.07) is 53.1. The molecule has 0 radical (unpaired) electrons. The molecule has 0 saturated carbocycles. The van der Waals surface area contributed by atoms with Gasteiger partial charge in [-0.2, -0.15) is 0 Å². The molecular weight excluding hydrogens is 1130 g/mol. The maximum absolute atomic E-state index is 7.05. The first-order valence-electron chi connectivity index (χ1n) is 19.4. The monoisotopic (exact) mass is 1170 g/mol. The zero-order chi connectivity index (χ0) is 42.8. The average Bonchev–Trinajstić information content (AvgIpc) is 3.60. The molecule has 0 unspecified atom stereocenters. The van der Waals surface area contributed by atoms with Crippen LogP contribution >= 0.6 is 0 Å². The van der Waals surface area contributed by atoms with E-state index < -0.39 is 0 Å². The summed E-state index contributed by atoms with van der Waals surface area (Å²) in [6.07, 6.45) is 17.5. The number of ether oxygens (including phenoxy) is 2. The molecule has 0 spiro atoms. The Morgan fingerprint density at radius 2 is 0.790 bits per heavy atom. The molecule has 8 aromatic rings. The van der Waals surface area contributed by atoms with Crippen molar-refractivity contribution < 1.29 is 51.6 Å². The van der Waals surface area contributed by atoms with Gasteiger partial charge in [0.25, 0.3) is 0 Å². The van der Waals surface area contributed by atoms with Gasteiger partial charge in [-0.05, 0) is 89.8 Å². The second kappa shape index (κ2) is 22.6. The SMILES string of the molecule is [C-]#Cn1c(C)c(C)c(C)c1C.[C-]#Cn1c(C)c(C)c(C)c1C.[Pt].[Pt].[c-]1cc(-c2ccccc2)c(Oc2ccccn2)[c-]c1-c1[c-]cc(-c2ccccc2)c(Oc2ccccn2)[c-]1. The first-order chi connectivity index (χ1) is 29.0. The van der Waals surface area contributed by atoms with E-state index in [-0.39, 0.29) is 42.1 Å². The second-order valence-electron chi connectivity index (χ2n) is 14.1. The van der Waals surface area contributed by atoms with Crippen LogP contribution < -0.4 is 9.47 Å². The predicted molar refractivity (Wildman–Crippen MR) is 239 cm³/mol. The third-order valence-corrected chi connectivity index (χ3v) is 10.7. The third kappa shape index (κ3) is 11.2. The van der Waals surface area contributed by atoms with E-state index in [4.69, 9.17) is 22.3 Å². The van der Waals surface area contributed by atoms with Crippen LogP contribution in [0.2, 0.25) is 0 Å². The van der Waals surface area contributed by atoms with Crippen molar-refractivity contribution in [3.63, 3.8) is 0 Å². The summed E-state index contributed by atoms with van der Waals surface area (Å²) in [6.45, 7) is 16.3. The molecule has 0 saturated heterocycles. The van der Waals surface area contributed by atoms with E-state index in [1.807, 2.05) is 137 Å². The van der Waals surface area contributed by atoms with Gasteiger partial charge in [-0.25, -0.2) is 34.2 Å². The minimum atomic E-state index is 0. The average molecular weight is 1170 g/mol. The van der Waals surface area contributed by atoms with Gasteiger partial charge in [0.05, 0.1) is 0 Å². The fourth-order valence-corrected chi connectivity index (χ4v) is 6.57. The van der Waals surface area contributed by atoms with Crippen LogP contribution in [0.3, 0.4) is 0 Å². The molecule has 8 rings (SSSR count). The molecule has 0 amide bonds. The van der Waals surface area contributed by atoms with Crippen molar-refractivity contribution in [1.29, 1.82) is 0 Å². The maximum atomic E-state index is 7.05. The van der Waals surface area contributed by atoms with Gasteiger partial charge < -0.3 is 66.8 Å². The van der Waals surface area contributed by atoms with E-state index >= 15 is 0 Å². The van der Waals surface area contributed by atoms with E-state index in [9.17, 15) is 0 Å². The predicted octanol–water partition coefficient (Wildman–Crippen LogP) is 12.5. The topological polar surface area (TPSA) is 54.1 Å². The first kappa shape index (κ1) is 48.5. The standard InChI is InChI=1S/C34H20N2O2.2C10H12N.2Pt/c1-3-11-25(12-4-1)29-19-17-27(23-31(29)37-33-15-7-9-21-35-33)28-18-20-30(26-13-5-2-6-14-26)32(24-28)38-34-16-8-10-22-36-34;2*1-6-11-9(4)7(2)8(3)10(11)5;;/h1-16,19-22H;2*2-5H3;;/q-4;2*-1;;. The molecule has 4 aromatic heterocycles. The molecule has 0 bridgehead atoms. The summed E-state index contributed by atoms with van der Waals surface area (Å²) < 4.78 is 15.9. The summed E-state index contributed by atoms with van der Waals surface area (Å²) in [5, 5.41) is 0. The summed E-state index contributed by atoms with van der Waals surface area (Å²) in [4.78, 5) is 8.64. The molecule has 0 fully saturated rings. The minimum Gasteiger partial charge on any atom is -0.669 e. The summed E-state index contributed by atoms with van der Waals surface area (Å²) in [5.74, 6) is 2.02. The molecule has 0 aliphatic rings. The number of benzene rings is 4. The molecule has 6 nitrogen and oxygen atoms in total. The first-order valence-corrected chi connectivity index (χ1v) is 19.4. The Bertz CT molecular complexity index is 2560. The molecule has 0 atom stereocenters. The number of aromatic nitrogens is 4. The molecule has 4 heterocycles. The van der Waals surface area contributed by atoms with Crippen molar-refractivity contribution in [2.24, 2.45) is 0 Å². The molecule has 318 valence electrons. The second-order valence-corrected chi connectivity index (χ2v) is 14.1. The molecular formula is C54H44N4O2Pt2-6. The Labute approximate surface area is 396 Å². The Kier molecular flexibility index (Phi) is 17.7.